The van der Waals surface area contributed by atoms with Crippen molar-refractivity contribution in [1.29, 1.82) is 0 Å². The molecule has 0 saturated carbocycles. The first kappa shape index (κ1) is 9.96. The second-order valence-electron chi connectivity index (χ2n) is 3.72. The number of quaternary nitrogens is 1. The minimum absolute atomic E-state index is 0.324. The second-order valence-corrected chi connectivity index (χ2v) is 3.72. The molecular weight excluding hydrogens is 152 g/mol. The maximum absolute atomic E-state index is 8.68. The molecule has 1 saturated heterocycles. The van der Waals surface area contributed by atoms with Crippen LogP contribution in [-0.4, -0.2) is 42.3 Å². The molecule has 1 rings (SSSR count). The first-order valence-corrected chi connectivity index (χ1v) is 4.99. The van der Waals surface area contributed by atoms with Crippen LogP contribution in [0.3, 0.4) is 0 Å². The van der Waals surface area contributed by atoms with Gasteiger partial charge < -0.3 is 15.7 Å². The van der Waals surface area contributed by atoms with Gasteiger partial charge in [0.1, 0.15) is 0 Å². The fourth-order valence-electron chi connectivity index (χ4n) is 1.74. The van der Waals surface area contributed by atoms with E-state index in [-0.39, 0.29) is 0 Å². The third-order valence-electron chi connectivity index (χ3n) is 2.57. The molecule has 0 radical (unpaired) electrons. The largest absolute Gasteiger partial charge is 0.396 e. The lowest BCUT2D eigenvalue weighted by Gasteiger charge is -2.18. The zero-order valence-electron chi connectivity index (χ0n) is 7.84. The Labute approximate surface area is 74.5 Å². The summed E-state index contributed by atoms with van der Waals surface area (Å²) in [5, 5.41) is 8.68. The van der Waals surface area contributed by atoms with Crippen LogP contribution in [0, 0.1) is 0 Å². The zero-order chi connectivity index (χ0) is 8.81. The van der Waals surface area contributed by atoms with Crippen LogP contribution in [0.2, 0.25) is 0 Å². The summed E-state index contributed by atoms with van der Waals surface area (Å²) in [6.45, 7) is 3.76. The van der Waals surface area contributed by atoms with Gasteiger partial charge in [0, 0.05) is 32.5 Å². The van der Waals surface area contributed by atoms with Gasteiger partial charge in [-0.2, -0.15) is 0 Å². The predicted molar refractivity (Wildman–Crippen MR) is 48.7 cm³/mol. The van der Waals surface area contributed by atoms with E-state index in [4.69, 9.17) is 5.11 Å². The average Bonchev–Trinajstić information content (AvgIpc) is 2.27. The van der Waals surface area contributed by atoms with Crippen molar-refractivity contribution in [2.45, 2.75) is 31.7 Å². The molecule has 1 aliphatic heterocycles. The van der Waals surface area contributed by atoms with Gasteiger partial charge >= 0.3 is 0 Å². The van der Waals surface area contributed by atoms with Crippen molar-refractivity contribution in [1.82, 2.24) is 4.90 Å². The molecule has 0 aromatic rings. The number of rotatable bonds is 3. The van der Waals surface area contributed by atoms with Gasteiger partial charge in [-0.15, -0.1) is 0 Å². The highest BCUT2D eigenvalue weighted by Gasteiger charge is 2.14. The van der Waals surface area contributed by atoms with E-state index < -0.39 is 0 Å². The number of likely N-dealkylation sites (tertiary alicyclic amines) is 1. The molecule has 72 valence electrons. The van der Waals surface area contributed by atoms with Gasteiger partial charge in [0.2, 0.25) is 0 Å². The number of nitrogens with zero attached hydrogens (tertiary/aromatic N) is 1. The van der Waals surface area contributed by atoms with Crippen molar-refractivity contribution in [3.05, 3.63) is 0 Å². The molecule has 0 aromatic carbocycles. The molecule has 1 atom stereocenters. The van der Waals surface area contributed by atoms with Crippen molar-refractivity contribution < 1.29 is 10.8 Å². The summed E-state index contributed by atoms with van der Waals surface area (Å²) in [6, 6.07) is 0.657. The maximum atomic E-state index is 8.68. The number of aliphatic hydroxyl groups is 1. The number of hydrogen-bond donors (Lipinski definition) is 2. The van der Waals surface area contributed by atoms with Crippen LogP contribution in [0.25, 0.3) is 0 Å². The van der Waals surface area contributed by atoms with E-state index in [0.717, 1.165) is 13.0 Å². The van der Waals surface area contributed by atoms with E-state index in [9.17, 15) is 0 Å². The standard InChI is InChI=1S/C9H20N2O/c10-9-3-1-5-11(7-4-9)6-2-8-12/h9,12H,1-8,10H2/p+1. The van der Waals surface area contributed by atoms with Crippen molar-refractivity contribution in [2.75, 3.05) is 26.2 Å². The van der Waals surface area contributed by atoms with E-state index in [2.05, 4.69) is 10.6 Å². The van der Waals surface area contributed by atoms with E-state index in [1.807, 2.05) is 0 Å². The lowest BCUT2D eigenvalue weighted by atomic mass is 10.1. The number of hydrogen-bond acceptors (Lipinski definition) is 2. The molecule has 3 nitrogen and oxygen atoms in total. The molecule has 0 aromatic heterocycles. The van der Waals surface area contributed by atoms with Crippen molar-refractivity contribution in [2.24, 2.45) is 0 Å². The van der Waals surface area contributed by atoms with Crippen molar-refractivity contribution in [3.8, 4) is 0 Å². The lowest BCUT2D eigenvalue weighted by Crippen LogP contribution is -2.60. The highest BCUT2D eigenvalue weighted by Crippen LogP contribution is 2.07. The van der Waals surface area contributed by atoms with Gasteiger partial charge in [-0.1, -0.05) is 0 Å². The Balaban J connectivity index is 2.17. The van der Waals surface area contributed by atoms with Crippen molar-refractivity contribution in [3.63, 3.8) is 0 Å². The van der Waals surface area contributed by atoms with E-state index in [1.54, 1.807) is 0 Å². The van der Waals surface area contributed by atoms with Gasteiger partial charge in [0.05, 0.1) is 6.04 Å². The van der Waals surface area contributed by atoms with Crippen LogP contribution >= 0.6 is 0 Å². The van der Waals surface area contributed by atoms with Crippen LogP contribution in [0.4, 0.5) is 0 Å². The molecular formula is C9H21N2O+. The van der Waals surface area contributed by atoms with Crippen LogP contribution < -0.4 is 5.73 Å². The summed E-state index contributed by atoms with van der Waals surface area (Å²) in [6.07, 6.45) is 4.70. The minimum Gasteiger partial charge on any atom is -0.396 e. The molecule has 4 N–H and O–H groups in total. The Morgan fingerprint density at radius 2 is 2.17 bits per heavy atom. The minimum atomic E-state index is 0.324. The summed E-state index contributed by atoms with van der Waals surface area (Å²) >= 11 is 0. The van der Waals surface area contributed by atoms with Gasteiger partial charge in [-0.3, -0.25) is 0 Å². The summed E-state index contributed by atoms with van der Waals surface area (Å²) in [5.74, 6) is 0. The molecule has 1 heterocycles. The molecule has 1 unspecified atom stereocenters. The fourth-order valence-corrected chi connectivity index (χ4v) is 1.74. The molecule has 0 spiro atoms. The molecule has 0 amide bonds. The molecule has 0 aliphatic carbocycles. The lowest BCUT2D eigenvalue weighted by molar-refractivity contribution is -0.421. The van der Waals surface area contributed by atoms with Gasteiger partial charge in [0.25, 0.3) is 0 Å². The normalized spacial score (nSPS) is 27.0. The summed E-state index contributed by atoms with van der Waals surface area (Å²) in [4.78, 5) is 2.45. The Kier molecular flexibility index (Phi) is 4.58. The molecule has 0 bridgehead atoms. The Morgan fingerprint density at radius 3 is 2.92 bits per heavy atom. The highest BCUT2D eigenvalue weighted by molar-refractivity contribution is 4.67. The first-order valence-electron chi connectivity index (χ1n) is 4.99. The van der Waals surface area contributed by atoms with Crippen LogP contribution in [0.1, 0.15) is 25.7 Å². The maximum Gasteiger partial charge on any atom is 0.0856 e. The molecule has 3 heteroatoms. The van der Waals surface area contributed by atoms with Crippen molar-refractivity contribution >= 4 is 0 Å². The monoisotopic (exact) mass is 173 g/mol. The molecule has 1 aliphatic rings. The van der Waals surface area contributed by atoms with Gasteiger partial charge in [0.15, 0.2) is 0 Å². The highest BCUT2D eigenvalue weighted by atomic mass is 16.3. The first-order chi connectivity index (χ1) is 5.83. The predicted octanol–water partition coefficient (Wildman–Crippen LogP) is -0.535. The summed E-state index contributed by atoms with van der Waals surface area (Å²) < 4.78 is 0. The topological polar surface area (TPSA) is 51.1 Å². The summed E-state index contributed by atoms with van der Waals surface area (Å²) in [7, 11) is 0. The van der Waals surface area contributed by atoms with Gasteiger partial charge in [-0.05, 0) is 19.4 Å². The van der Waals surface area contributed by atoms with Crippen LogP contribution in [0.15, 0.2) is 0 Å². The second kappa shape index (κ2) is 5.51. The van der Waals surface area contributed by atoms with Crippen LogP contribution in [0.5, 0.6) is 0 Å². The zero-order valence-corrected chi connectivity index (χ0v) is 7.84. The Morgan fingerprint density at radius 1 is 1.33 bits per heavy atom. The Hall–Kier alpha value is -0.120. The fraction of sp³-hybridized carbons (Fsp3) is 1.00. The quantitative estimate of drug-likeness (QED) is 0.602. The van der Waals surface area contributed by atoms with Gasteiger partial charge in [-0.25, -0.2) is 0 Å². The number of aliphatic hydroxyl groups excluding tert-OH is 1. The van der Waals surface area contributed by atoms with E-state index >= 15 is 0 Å². The smallest absolute Gasteiger partial charge is 0.0856 e. The Bertz CT molecular complexity index is 117. The third-order valence-corrected chi connectivity index (χ3v) is 2.57. The van der Waals surface area contributed by atoms with E-state index in [1.165, 1.54) is 32.4 Å². The summed E-state index contributed by atoms with van der Waals surface area (Å²) in [5.41, 5.74) is 4.10. The molecule has 12 heavy (non-hydrogen) atoms. The third kappa shape index (κ3) is 3.52. The molecule has 1 fully saturated rings. The van der Waals surface area contributed by atoms with Crippen LogP contribution in [-0.2, 0) is 0 Å². The SMILES string of the molecule is [NH3+]C1CCCN(CCCO)CC1. The average molecular weight is 173 g/mol. The van der Waals surface area contributed by atoms with E-state index in [0.29, 0.717) is 12.6 Å².